The number of likely N-dealkylation sites (tertiary alicyclic amines) is 1. The maximum Gasteiger partial charge on any atom is 0.295 e. The van der Waals surface area contributed by atoms with Gasteiger partial charge in [0.2, 0.25) is 0 Å². The normalized spacial score (nSPS) is 17.3. The molecule has 188 valence electrons. The fraction of sp³-hybridized carbons (Fsp3) is 0.407. The summed E-state index contributed by atoms with van der Waals surface area (Å²) in [6, 6.07) is 9.04. The summed E-state index contributed by atoms with van der Waals surface area (Å²) < 4.78 is 10.8. The lowest BCUT2D eigenvalue weighted by Crippen LogP contribution is -2.38. The minimum atomic E-state index is -0.827. The summed E-state index contributed by atoms with van der Waals surface area (Å²) >= 11 is 0. The van der Waals surface area contributed by atoms with E-state index in [1.54, 1.807) is 51.3 Å². The van der Waals surface area contributed by atoms with Crippen molar-refractivity contribution in [2.75, 3.05) is 39.9 Å². The van der Waals surface area contributed by atoms with Gasteiger partial charge in [0.15, 0.2) is 11.5 Å². The lowest BCUT2D eigenvalue weighted by molar-refractivity contribution is -0.140. The van der Waals surface area contributed by atoms with Gasteiger partial charge >= 0.3 is 0 Å². The third kappa shape index (κ3) is 5.27. The lowest BCUT2D eigenvalue weighted by atomic mass is 9.93. The first-order valence-electron chi connectivity index (χ1n) is 11.9. The van der Waals surface area contributed by atoms with Crippen LogP contribution in [0.5, 0.6) is 17.2 Å². The van der Waals surface area contributed by atoms with Crippen LogP contribution in [0.1, 0.15) is 43.5 Å². The highest BCUT2D eigenvalue weighted by molar-refractivity contribution is 6.46. The zero-order valence-electron chi connectivity index (χ0n) is 21.0. The number of carbonyl (C=O) groups is 2. The number of carbonyl (C=O) groups excluding carboxylic acids is 2. The number of hydrogen-bond acceptors (Lipinski definition) is 7. The van der Waals surface area contributed by atoms with Crippen LogP contribution in [0.25, 0.3) is 5.76 Å². The maximum absolute atomic E-state index is 13.3. The number of aryl methyl sites for hydroxylation is 1. The summed E-state index contributed by atoms with van der Waals surface area (Å²) in [5.74, 6) is -0.823. The molecule has 3 rings (SSSR count). The fourth-order valence-corrected chi connectivity index (χ4v) is 4.39. The van der Waals surface area contributed by atoms with Crippen molar-refractivity contribution in [1.29, 1.82) is 0 Å². The molecule has 1 amide bonds. The number of aliphatic hydroxyl groups excluding tert-OH is 1. The molecular weight excluding hydrogens is 448 g/mol. The standard InChI is InChI=1S/C27H34N2O6/c1-6-28(7-2)13-14-29-24(18-9-12-21(30)22(16-18)35-8-3)23(26(32)27(29)33)25(31)20-11-10-19(34-5)15-17(20)4/h9-12,15-16,24,30-31H,6-8,13-14H2,1-5H3/b25-23+. The number of ketones is 1. The Kier molecular flexibility index (Phi) is 8.40. The number of aliphatic hydroxyl groups is 1. The van der Waals surface area contributed by atoms with Crippen LogP contribution in [0.15, 0.2) is 42.0 Å². The third-order valence-corrected chi connectivity index (χ3v) is 6.38. The van der Waals surface area contributed by atoms with E-state index in [4.69, 9.17) is 9.47 Å². The number of nitrogens with zero attached hydrogens (tertiary/aromatic N) is 2. The molecule has 0 aromatic heterocycles. The summed E-state index contributed by atoms with van der Waals surface area (Å²) in [5, 5.41) is 21.6. The largest absolute Gasteiger partial charge is 0.507 e. The van der Waals surface area contributed by atoms with Crippen LogP contribution in [0.3, 0.4) is 0 Å². The Balaban J connectivity index is 2.17. The first kappa shape index (κ1) is 26.1. The van der Waals surface area contributed by atoms with Crippen molar-refractivity contribution in [3.05, 3.63) is 58.7 Å². The molecule has 0 spiro atoms. The molecular formula is C27H34N2O6. The van der Waals surface area contributed by atoms with Crippen molar-refractivity contribution < 1.29 is 29.3 Å². The van der Waals surface area contributed by atoms with E-state index in [0.717, 1.165) is 13.1 Å². The van der Waals surface area contributed by atoms with Crippen LogP contribution in [0.4, 0.5) is 0 Å². The molecule has 2 N–H and O–H groups in total. The number of ether oxygens (including phenoxy) is 2. The van der Waals surface area contributed by atoms with E-state index < -0.39 is 17.7 Å². The van der Waals surface area contributed by atoms with E-state index in [1.807, 2.05) is 13.8 Å². The predicted molar refractivity (Wildman–Crippen MR) is 134 cm³/mol. The predicted octanol–water partition coefficient (Wildman–Crippen LogP) is 3.87. The van der Waals surface area contributed by atoms with Gasteiger partial charge in [-0.15, -0.1) is 0 Å². The highest BCUT2D eigenvalue weighted by Gasteiger charge is 2.46. The summed E-state index contributed by atoms with van der Waals surface area (Å²) in [4.78, 5) is 30.1. The summed E-state index contributed by atoms with van der Waals surface area (Å²) in [7, 11) is 1.55. The zero-order chi connectivity index (χ0) is 25.7. The van der Waals surface area contributed by atoms with Gasteiger partial charge in [0, 0.05) is 18.7 Å². The number of Topliss-reactive ketones (excluding diaryl/α,β-unsaturated/α-hetero) is 1. The van der Waals surface area contributed by atoms with Gasteiger partial charge in [-0.25, -0.2) is 0 Å². The molecule has 1 aliphatic rings. The topological polar surface area (TPSA) is 99.5 Å². The molecule has 1 fully saturated rings. The van der Waals surface area contributed by atoms with Crippen molar-refractivity contribution in [3.8, 4) is 17.2 Å². The van der Waals surface area contributed by atoms with Crippen molar-refractivity contribution in [2.24, 2.45) is 0 Å². The summed E-state index contributed by atoms with van der Waals surface area (Å²) in [6.07, 6.45) is 0. The van der Waals surface area contributed by atoms with Crippen molar-refractivity contribution in [3.63, 3.8) is 0 Å². The molecule has 1 aliphatic heterocycles. The van der Waals surface area contributed by atoms with Gasteiger partial charge < -0.3 is 29.5 Å². The molecule has 2 aromatic rings. The minimum Gasteiger partial charge on any atom is -0.507 e. The average Bonchev–Trinajstić information content (AvgIpc) is 3.10. The van der Waals surface area contributed by atoms with E-state index in [1.165, 1.54) is 11.0 Å². The van der Waals surface area contributed by atoms with Gasteiger partial charge in [-0.1, -0.05) is 19.9 Å². The number of benzene rings is 2. The van der Waals surface area contributed by atoms with Crippen LogP contribution in [0.2, 0.25) is 0 Å². The van der Waals surface area contributed by atoms with Gasteiger partial charge in [0.1, 0.15) is 11.5 Å². The van der Waals surface area contributed by atoms with Crippen molar-refractivity contribution in [1.82, 2.24) is 9.80 Å². The van der Waals surface area contributed by atoms with Gasteiger partial charge in [-0.05, 0) is 68.4 Å². The van der Waals surface area contributed by atoms with Crippen LogP contribution >= 0.6 is 0 Å². The Hall–Kier alpha value is -3.52. The number of rotatable bonds is 10. The number of likely N-dealkylation sites (N-methyl/N-ethyl adjacent to an activating group) is 1. The molecule has 8 nitrogen and oxygen atoms in total. The highest BCUT2D eigenvalue weighted by atomic mass is 16.5. The monoisotopic (exact) mass is 482 g/mol. The number of amides is 1. The third-order valence-electron chi connectivity index (χ3n) is 6.38. The second-order valence-corrected chi connectivity index (χ2v) is 8.36. The number of phenols is 1. The molecule has 1 unspecified atom stereocenters. The van der Waals surface area contributed by atoms with E-state index in [2.05, 4.69) is 4.90 Å². The molecule has 0 radical (unpaired) electrons. The van der Waals surface area contributed by atoms with E-state index >= 15 is 0 Å². The van der Waals surface area contributed by atoms with E-state index in [-0.39, 0.29) is 22.8 Å². The van der Waals surface area contributed by atoms with Crippen LogP contribution in [0, 0.1) is 6.92 Å². The molecule has 1 atom stereocenters. The number of aromatic hydroxyl groups is 1. The minimum absolute atomic E-state index is 0.0101. The molecule has 0 bridgehead atoms. The molecule has 0 saturated carbocycles. The molecule has 2 aromatic carbocycles. The van der Waals surface area contributed by atoms with Crippen molar-refractivity contribution in [2.45, 2.75) is 33.7 Å². The van der Waals surface area contributed by atoms with Crippen LogP contribution < -0.4 is 9.47 Å². The average molecular weight is 483 g/mol. The van der Waals surface area contributed by atoms with Gasteiger partial charge in [0.05, 0.1) is 25.3 Å². The van der Waals surface area contributed by atoms with Crippen LogP contribution in [-0.4, -0.2) is 71.6 Å². The maximum atomic E-state index is 13.3. The number of methoxy groups -OCH3 is 1. The van der Waals surface area contributed by atoms with Gasteiger partial charge in [-0.3, -0.25) is 9.59 Å². The molecule has 0 aliphatic carbocycles. The molecule has 1 saturated heterocycles. The quantitative estimate of drug-likeness (QED) is 0.301. The first-order chi connectivity index (χ1) is 16.8. The zero-order valence-corrected chi connectivity index (χ0v) is 21.0. The first-order valence-corrected chi connectivity index (χ1v) is 11.9. The van der Waals surface area contributed by atoms with Crippen molar-refractivity contribution >= 4 is 17.4 Å². The summed E-state index contributed by atoms with van der Waals surface area (Å²) in [5.41, 5.74) is 1.73. The highest BCUT2D eigenvalue weighted by Crippen LogP contribution is 2.42. The Morgan fingerprint density at radius 3 is 2.40 bits per heavy atom. The van der Waals surface area contributed by atoms with E-state index in [9.17, 15) is 19.8 Å². The Bertz CT molecular complexity index is 1120. The second-order valence-electron chi connectivity index (χ2n) is 8.36. The Morgan fingerprint density at radius 1 is 1.09 bits per heavy atom. The Labute approximate surface area is 206 Å². The smallest absolute Gasteiger partial charge is 0.295 e. The molecule has 35 heavy (non-hydrogen) atoms. The number of phenolic OH excluding ortho intramolecular Hbond substituents is 1. The van der Waals surface area contributed by atoms with Crippen LogP contribution in [-0.2, 0) is 9.59 Å². The fourth-order valence-electron chi connectivity index (χ4n) is 4.39. The van der Waals surface area contributed by atoms with E-state index in [0.29, 0.717) is 42.1 Å². The summed E-state index contributed by atoms with van der Waals surface area (Å²) in [6.45, 7) is 10.5. The van der Waals surface area contributed by atoms with Gasteiger partial charge in [-0.2, -0.15) is 0 Å². The lowest BCUT2D eigenvalue weighted by Gasteiger charge is -2.28. The number of hydrogen-bond donors (Lipinski definition) is 2. The second kappa shape index (κ2) is 11.3. The SMILES string of the molecule is CCOc1cc(C2/C(=C(\O)c3ccc(OC)cc3C)C(=O)C(=O)N2CCN(CC)CC)ccc1O. The molecule has 8 heteroatoms. The Morgan fingerprint density at radius 2 is 1.80 bits per heavy atom. The molecule has 1 heterocycles. The van der Waals surface area contributed by atoms with Gasteiger partial charge in [0.25, 0.3) is 11.7 Å².